The third kappa shape index (κ3) is 6.16. The van der Waals surface area contributed by atoms with Gasteiger partial charge in [0.05, 0.1) is 0 Å². The van der Waals surface area contributed by atoms with Gasteiger partial charge >= 0.3 is 0 Å². The van der Waals surface area contributed by atoms with E-state index in [1.54, 1.807) is 6.07 Å². The van der Waals surface area contributed by atoms with Crippen molar-refractivity contribution in [2.24, 2.45) is 0 Å². The molecule has 0 heterocycles. The molecule has 0 saturated heterocycles. The Bertz CT molecular complexity index is 503. The number of carbonyl (C=O) groups excluding carboxylic acids is 1. The van der Waals surface area contributed by atoms with Crippen LogP contribution in [-0.2, 0) is 16.6 Å². The second kappa shape index (κ2) is 10.8. The molecule has 136 valence electrons. The largest absolute Gasteiger partial charge is 0.508 e. The van der Waals surface area contributed by atoms with Gasteiger partial charge in [0.25, 0.3) is 0 Å². The maximum atomic E-state index is 12.0. The van der Waals surface area contributed by atoms with Crippen LogP contribution in [0.5, 0.6) is 5.75 Å². The van der Waals surface area contributed by atoms with E-state index in [1.165, 1.54) is 11.1 Å². The number of carbonyl (C=O) groups is 1. The molecule has 0 aromatic heterocycles. The summed E-state index contributed by atoms with van der Waals surface area (Å²) in [5.41, 5.74) is 2.33. The van der Waals surface area contributed by atoms with Crippen LogP contribution in [0.2, 0.25) is 0 Å². The summed E-state index contributed by atoms with van der Waals surface area (Å²) in [5.74, 6) is 0.321. The first kappa shape index (κ1) is 21.1. The van der Waals surface area contributed by atoms with Crippen molar-refractivity contribution >= 4 is 17.7 Å². The molecule has 0 atom stereocenters. The number of aromatic hydroxyl groups is 1. The van der Waals surface area contributed by atoms with Crippen molar-refractivity contribution in [3.63, 3.8) is 0 Å². The third-order valence-electron chi connectivity index (χ3n) is 4.97. The molecule has 0 bridgehead atoms. The Morgan fingerprint density at radius 2 is 1.62 bits per heavy atom. The molecule has 1 N–H and O–H groups in total. The van der Waals surface area contributed by atoms with Crippen molar-refractivity contribution in [1.82, 2.24) is 0 Å². The highest BCUT2D eigenvalue weighted by atomic mass is 32.1. The minimum Gasteiger partial charge on any atom is -0.508 e. The van der Waals surface area contributed by atoms with E-state index < -0.39 is 0 Å². The minimum atomic E-state index is -0.137. The SMILES string of the molecule is CCCCc1cc(O)ccc1C(CCCC)(CCCC)CC(=O)S. The average molecular weight is 351 g/mol. The van der Waals surface area contributed by atoms with Crippen LogP contribution in [0.3, 0.4) is 0 Å². The Morgan fingerprint density at radius 1 is 1.04 bits per heavy atom. The van der Waals surface area contributed by atoms with Crippen molar-refractivity contribution in [3.8, 4) is 5.75 Å². The molecule has 0 fully saturated rings. The van der Waals surface area contributed by atoms with E-state index in [-0.39, 0.29) is 10.5 Å². The molecule has 1 aromatic carbocycles. The van der Waals surface area contributed by atoms with Gasteiger partial charge in [0.1, 0.15) is 5.75 Å². The fraction of sp³-hybridized carbons (Fsp3) is 0.667. The molecule has 0 aliphatic heterocycles. The van der Waals surface area contributed by atoms with Crippen LogP contribution < -0.4 is 0 Å². The Hall–Kier alpha value is -0.960. The highest BCUT2D eigenvalue weighted by Gasteiger charge is 2.34. The van der Waals surface area contributed by atoms with Crippen molar-refractivity contribution in [1.29, 1.82) is 0 Å². The van der Waals surface area contributed by atoms with Crippen molar-refractivity contribution < 1.29 is 9.90 Å². The van der Waals surface area contributed by atoms with Crippen molar-refractivity contribution in [2.75, 3.05) is 0 Å². The van der Waals surface area contributed by atoms with Gasteiger partial charge in [-0.25, -0.2) is 0 Å². The van der Waals surface area contributed by atoms with E-state index in [2.05, 4.69) is 39.5 Å². The minimum absolute atomic E-state index is 0.0308. The van der Waals surface area contributed by atoms with E-state index in [0.29, 0.717) is 12.2 Å². The van der Waals surface area contributed by atoms with Gasteiger partial charge in [-0.3, -0.25) is 4.79 Å². The van der Waals surface area contributed by atoms with Crippen LogP contribution in [0, 0.1) is 0 Å². The fourth-order valence-electron chi connectivity index (χ4n) is 3.66. The number of phenolic OH excluding ortho intramolecular Hbond substituents is 1. The topological polar surface area (TPSA) is 37.3 Å². The first-order valence-electron chi connectivity index (χ1n) is 9.53. The van der Waals surface area contributed by atoms with Crippen LogP contribution in [0.25, 0.3) is 0 Å². The second-order valence-corrected chi connectivity index (χ2v) is 7.50. The first-order chi connectivity index (χ1) is 11.5. The number of benzene rings is 1. The molecule has 0 amide bonds. The van der Waals surface area contributed by atoms with Gasteiger partial charge in [0.2, 0.25) is 0 Å². The average Bonchev–Trinajstić information content (AvgIpc) is 2.55. The Kier molecular flexibility index (Phi) is 9.50. The summed E-state index contributed by atoms with van der Waals surface area (Å²) in [6, 6.07) is 5.74. The molecule has 0 aliphatic carbocycles. The van der Waals surface area contributed by atoms with E-state index in [9.17, 15) is 9.90 Å². The molecule has 3 heteroatoms. The van der Waals surface area contributed by atoms with Crippen LogP contribution >= 0.6 is 12.6 Å². The van der Waals surface area contributed by atoms with Gasteiger partial charge in [-0.15, -0.1) is 12.6 Å². The quantitative estimate of drug-likeness (QED) is 0.440. The second-order valence-electron chi connectivity index (χ2n) is 7.00. The molecule has 0 radical (unpaired) electrons. The molecule has 1 rings (SSSR count). The zero-order valence-corrected chi connectivity index (χ0v) is 16.5. The maximum Gasteiger partial charge on any atom is 0.186 e. The number of hydrogen-bond donors (Lipinski definition) is 2. The first-order valence-corrected chi connectivity index (χ1v) is 9.98. The highest BCUT2D eigenvalue weighted by Crippen LogP contribution is 2.42. The number of rotatable bonds is 12. The van der Waals surface area contributed by atoms with Crippen molar-refractivity contribution in [3.05, 3.63) is 29.3 Å². The van der Waals surface area contributed by atoms with E-state index in [0.717, 1.165) is 57.8 Å². The highest BCUT2D eigenvalue weighted by molar-refractivity contribution is 7.96. The number of thiol groups is 1. The number of aryl methyl sites for hydroxylation is 1. The molecule has 0 saturated carbocycles. The smallest absolute Gasteiger partial charge is 0.186 e. The van der Waals surface area contributed by atoms with Crippen molar-refractivity contribution in [2.45, 2.75) is 90.4 Å². The summed E-state index contributed by atoms with van der Waals surface area (Å²) in [5, 5.41) is 9.92. The van der Waals surface area contributed by atoms with Gasteiger partial charge in [-0.1, -0.05) is 58.9 Å². The van der Waals surface area contributed by atoms with Crippen LogP contribution in [0.4, 0.5) is 0 Å². The summed E-state index contributed by atoms with van der Waals surface area (Å²) in [7, 11) is 0. The Labute approximate surface area is 153 Å². The lowest BCUT2D eigenvalue weighted by Gasteiger charge is -2.36. The lowest BCUT2D eigenvalue weighted by atomic mass is 9.68. The standard InChI is InChI=1S/C21H34O2S/c1-4-7-10-17-15-18(22)11-12-19(17)21(13-8-5-2,14-9-6-3)16-20(23)24/h11-12,15,22H,4-10,13-14,16H2,1-3H3,(H,23,24). The van der Waals surface area contributed by atoms with E-state index in [1.807, 2.05) is 6.07 Å². The summed E-state index contributed by atoms with van der Waals surface area (Å²) in [6.45, 7) is 6.57. The lowest BCUT2D eigenvalue weighted by molar-refractivity contribution is -0.112. The Balaban J connectivity index is 3.35. The summed E-state index contributed by atoms with van der Waals surface area (Å²) in [6.07, 6.45) is 10.2. The van der Waals surface area contributed by atoms with E-state index >= 15 is 0 Å². The predicted octanol–water partition coefficient (Wildman–Crippen LogP) is 6.20. The van der Waals surface area contributed by atoms with E-state index in [4.69, 9.17) is 0 Å². The molecule has 24 heavy (non-hydrogen) atoms. The molecular weight excluding hydrogens is 316 g/mol. The van der Waals surface area contributed by atoms with Gasteiger partial charge in [0, 0.05) is 11.8 Å². The van der Waals surface area contributed by atoms with Crippen LogP contribution in [0.15, 0.2) is 18.2 Å². The third-order valence-corrected chi connectivity index (χ3v) is 5.13. The number of phenols is 1. The fourth-order valence-corrected chi connectivity index (χ4v) is 3.96. The van der Waals surface area contributed by atoms with Crippen LogP contribution in [-0.4, -0.2) is 10.2 Å². The molecule has 0 unspecified atom stereocenters. The predicted molar refractivity (Wildman–Crippen MR) is 106 cm³/mol. The Morgan fingerprint density at radius 3 is 2.12 bits per heavy atom. The number of hydrogen-bond acceptors (Lipinski definition) is 2. The zero-order valence-electron chi connectivity index (χ0n) is 15.6. The molecule has 1 aromatic rings. The maximum absolute atomic E-state index is 12.0. The van der Waals surface area contributed by atoms with Crippen LogP contribution in [0.1, 0.15) is 89.7 Å². The molecule has 0 aliphatic rings. The van der Waals surface area contributed by atoms with Gasteiger partial charge < -0.3 is 5.11 Å². The zero-order chi connectivity index (χ0) is 18.0. The lowest BCUT2D eigenvalue weighted by Crippen LogP contribution is -2.30. The summed E-state index contributed by atoms with van der Waals surface area (Å²) >= 11 is 4.12. The number of unbranched alkanes of at least 4 members (excludes halogenated alkanes) is 3. The normalized spacial score (nSPS) is 11.7. The van der Waals surface area contributed by atoms with Gasteiger partial charge in [0.15, 0.2) is 5.12 Å². The monoisotopic (exact) mass is 350 g/mol. The molecular formula is C21H34O2S. The summed E-state index contributed by atoms with van der Waals surface area (Å²) in [4.78, 5) is 12.0. The summed E-state index contributed by atoms with van der Waals surface area (Å²) < 4.78 is 0. The van der Waals surface area contributed by atoms with Gasteiger partial charge in [-0.05, 0) is 48.9 Å². The molecule has 0 spiro atoms. The van der Waals surface area contributed by atoms with Gasteiger partial charge in [-0.2, -0.15) is 0 Å². The molecule has 2 nitrogen and oxygen atoms in total.